The molecule has 8 heterocycles. The second-order valence-electron chi connectivity index (χ2n) is 19.7. The summed E-state index contributed by atoms with van der Waals surface area (Å²) in [5.74, 6) is 8.18. The molecule has 2 aromatic heterocycles. The smallest absolute Gasteiger partial charge is 0.266 e. The fourth-order valence-corrected chi connectivity index (χ4v) is 12.8. The molecule has 12 heteroatoms. The quantitative estimate of drug-likeness (QED) is 0.155. The number of furan rings is 1. The summed E-state index contributed by atoms with van der Waals surface area (Å²) in [6.07, 6.45) is 0. The Morgan fingerprint density at radius 1 is 0.307 bits per heavy atom. The summed E-state index contributed by atoms with van der Waals surface area (Å²) in [5, 5.41) is 2.02. The second-order valence-corrected chi connectivity index (χ2v) is 19.7. The van der Waals surface area contributed by atoms with E-state index in [1.807, 2.05) is 91.0 Å². The Kier molecular flexibility index (Phi) is 7.56. The lowest BCUT2D eigenvalue weighted by atomic mass is 9.33. The van der Waals surface area contributed by atoms with Crippen molar-refractivity contribution in [2.45, 2.75) is 0 Å². The number of hydrogen-bond acceptors (Lipinski definition) is 10. The first kappa shape index (κ1) is 39.5. The van der Waals surface area contributed by atoms with Crippen molar-refractivity contribution >= 4 is 103 Å². The van der Waals surface area contributed by atoms with Gasteiger partial charge in [0.25, 0.3) is 13.4 Å². The Balaban J connectivity index is 0.767. The largest absolute Gasteiger partial charge is 0.458 e. The number of nitrogens with zero attached hydrogens (tertiary/aromatic N) is 5. The molecule has 346 valence electrons. The van der Waals surface area contributed by atoms with Crippen LogP contribution in [0.5, 0.6) is 46.0 Å². The molecule has 0 spiro atoms. The van der Waals surface area contributed by atoms with Crippen LogP contribution in [-0.4, -0.2) is 28.4 Å². The first-order valence-corrected chi connectivity index (χ1v) is 25.1. The molecule has 10 nitrogen and oxygen atoms in total. The van der Waals surface area contributed by atoms with E-state index in [1.165, 1.54) is 0 Å². The molecule has 0 amide bonds. The van der Waals surface area contributed by atoms with Crippen molar-refractivity contribution in [2.75, 3.05) is 9.80 Å². The van der Waals surface area contributed by atoms with Crippen LogP contribution in [0.3, 0.4) is 0 Å². The Morgan fingerprint density at radius 3 is 1.29 bits per heavy atom. The highest BCUT2D eigenvalue weighted by Gasteiger charge is 2.49. The molecule has 0 bridgehead atoms. The van der Waals surface area contributed by atoms with Crippen LogP contribution in [0.4, 0.5) is 34.4 Å². The molecule has 0 atom stereocenters. The third kappa shape index (κ3) is 5.31. The Bertz CT molecular complexity index is 4410. The van der Waals surface area contributed by atoms with E-state index in [2.05, 4.69) is 119 Å². The molecule has 0 N–H and O–H groups in total. The average molecular weight is 962 g/mol. The minimum absolute atomic E-state index is 0.0248. The number of aromatic nitrogens is 3. The monoisotopic (exact) mass is 961 g/mol. The Hall–Kier alpha value is -10.1. The molecule has 0 unspecified atom stereocenters. The number of anilines is 6. The zero-order valence-electron chi connectivity index (χ0n) is 39.5. The van der Waals surface area contributed by atoms with E-state index in [0.29, 0.717) is 17.6 Å². The van der Waals surface area contributed by atoms with Crippen LogP contribution in [0.2, 0.25) is 0 Å². The van der Waals surface area contributed by atoms with Crippen molar-refractivity contribution in [3.05, 3.63) is 200 Å². The highest BCUT2D eigenvalue weighted by atomic mass is 16.5. The van der Waals surface area contributed by atoms with E-state index in [-0.39, 0.29) is 13.4 Å². The van der Waals surface area contributed by atoms with Crippen molar-refractivity contribution in [2.24, 2.45) is 0 Å². The zero-order chi connectivity index (χ0) is 48.6. The maximum Gasteiger partial charge on any atom is 0.266 e. The van der Waals surface area contributed by atoms with Gasteiger partial charge in [0.2, 0.25) is 5.95 Å². The standard InChI is InChI=1S/C63H33B2N5O5/c1-2-12-34(13-3-1)61-66-62(68-63(67-61)70-42-19-8-24-48-56(42)65-57-43(70)20-9-25-49(57)74-53-29-11-28-52(73-48)59(53)65)37-15-4-14-35(32-37)36-30-31-45-39(33-36)38-16-5-21-44(60(38)75-45)69-40-17-6-22-46-54(40)64-55-41(69)18-7-23-47(55)72-51-27-10-26-50(71-46)58(51)64/h1-33H. The van der Waals surface area contributed by atoms with Gasteiger partial charge in [-0.3, -0.25) is 4.90 Å². The van der Waals surface area contributed by atoms with Crippen molar-refractivity contribution < 1.29 is 23.4 Å². The molecule has 12 aromatic rings. The van der Waals surface area contributed by atoms with Crippen molar-refractivity contribution in [3.63, 3.8) is 0 Å². The number of ether oxygens (including phenoxy) is 4. The molecule has 6 aliphatic rings. The second kappa shape index (κ2) is 14.3. The fourth-order valence-electron chi connectivity index (χ4n) is 12.8. The lowest BCUT2D eigenvalue weighted by Gasteiger charge is -2.42. The van der Waals surface area contributed by atoms with Gasteiger partial charge in [0.15, 0.2) is 17.2 Å². The molecule has 0 saturated carbocycles. The van der Waals surface area contributed by atoms with Gasteiger partial charge in [-0.2, -0.15) is 9.97 Å². The van der Waals surface area contributed by atoms with Gasteiger partial charge in [-0.25, -0.2) is 4.98 Å². The number of para-hydroxylation sites is 1. The molecular weight excluding hydrogens is 928 g/mol. The van der Waals surface area contributed by atoms with Gasteiger partial charge < -0.3 is 28.3 Å². The van der Waals surface area contributed by atoms with E-state index in [1.54, 1.807) is 0 Å². The summed E-state index contributed by atoms with van der Waals surface area (Å²) in [6, 6.07) is 68.6. The summed E-state index contributed by atoms with van der Waals surface area (Å²) >= 11 is 0. The Morgan fingerprint density at radius 2 is 0.733 bits per heavy atom. The fraction of sp³-hybridized carbons (Fsp3) is 0. The van der Waals surface area contributed by atoms with Gasteiger partial charge in [0.1, 0.15) is 51.6 Å². The van der Waals surface area contributed by atoms with Gasteiger partial charge in [0.05, 0.1) is 5.69 Å². The summed E-state index contributed by atoms with van der Waals surface area (Å²) in [7, 11) is 0. The van der Waals surface area contributed by atoms with Gasteiger partial charge in [-0.05, 0) is 130 Å². The van der Waals surface area contributed by atoms with Crippen molar-refractivity contribution in [3.8, 4) is 79.9 Å². The van der Waals surface area contributed by atoms with Crippen LogP contribution >= 0.6 is 0 Å². The van der Waals surface area contributed by atoms with Crippen LogP contribution in [0, 0.1) is 0 Å². The zero-order valence-corrected chi connectivity index (χ0v) is 39.5. The summed E-state index contributed by atoms with van der Waals surface area (Å²) in [6.45, 7) is -0.105. The van der Waals surface area contributed by atoms with E-state index in [9.17, 15) is 0 Å². The minimum atomic E-state index is -0.0798. The molecule has 0 saturated heterocycles. The van der Waals surface area contributed by atoms with Gasteiger partial charge in [-0.15, -0.1) is 0 Å². The lowest BCUT2D eigenvalue weighted by molar-refractivity contribution is 0.463. The number of rotatable bonds is 5. The summed E-state index contributed by atoms with van der Waals surface area (Å²) < 4.78 is 33.4. The third-order valence-corrected chi connectivity index (χ3v) is 15.8. The third-order valence-electron chi connectivity index (χ3n) is 15.8. The van der Waals surface area contributed by atoms with Crippen LogP contribution < -0.4 is 61.5 Å². The summed E-state index contributed by atoms with van der Waals surface area (Å²) in [4.78, 5) is 20.3. The molecule has 0 radical (unpaired) electrons. The van der Waals surface area contributed by atoms with Crippen LogP contribution in [0.15, 0.2) is 205 Å². The average Bonchev–Trinajstić information content (AvgIpc) is 3.95. The molecule has 10 aromatic carbocycles. The maximum absolute atomic E-state index is 6.92. The molecule has 0 aliphatic carbocycles. The topological polar surface area (TPSA) is 95.2 Å². The highest BCUT2D eigenvalue weighted by molar-refractivity contribution is 7.01. The van der Waals surface area contributed by atoms with Crippen molar-refractivity contribution in [1.29, 1.82) is 0 Å². The first-order chi connectivity index (χ1) is 37.2. The van der Waals surface area contributed by atoms with Crippen LogP contribution in [-0.2, 0) is 0 Å². The van der Waals surface area contributed by atoms with Crippen molar-refractivity contribution in [1.82, 2.24) is 15.0 Å². The van der Waals surface area contributed by atoms with E-state index in [0.717, 1.165) is 151 Å². The van der Waals surface area contributed by atoms with E-state index in [4.69, 9.17) is 38.3 Å². The van der Waals surface area contributed by atoms with E-state index >= 15 is 0 Å². The summed E-state index contributed by atoms with van der Waals surface area (Å²) in [5.41, 5.74) is 16.7. The number of fused-ring (bicyclic) bond motifs is 3. The Labute approximate surface area is 428 Å². The van der Waals surface area contributed by atoms with Crippen LogP contribution in [0.25, 0.3) is 55.8 Å². The van der Waals surface area contributed by atoms with Gasteiger partial charge in [0, 0.05) is 55.6 Å². The number of benzene rings is 10. The molecule has 75 heavy (non-hydrogen) atoms. The SMILES string of the molecule is c1ccc(-c2nc(-c3cccc(-c4ccc5oc6c(N7c8cccc9c8B8c%10c(cccc%10Oc%10cccc7c%108)O9)cccc6c5c4)c3)nc(N3c4cccc5c4B4c6c(cccc6Oc6cccc3c64)O5)n2)cc1. The predicted octanol–water partition coefficient (Wildman–Crippen LogP) is 11.8. The molecule has 0 fully saturated rings. The molecule has 18 rings (SSSR count). The lowest BCUT2D eigenvalue weighted by Crippen LogP contribution is -2.61. The van der Waals surface area contributed by atoms with E-state index < -0.39 is 0 Å². The van der Waals surface area contributed by atoms with Crippen LogP contribution in [0.1, 0.15) is 0 Å². The molecule has 6 aliphatic heterocycles. The highest BCUT2D eigenvalue weighted by Crippen LogP contribution is 2.49. The minimum Gasteiger partial charge on any atom is -0.458 e. The molecular formula is C63H33B2N5O5. The predicted molar refractivity (Wildman–Crippen MR) is 295 cm³/mol. The van der Waals surface area contributed by atoms with Gasteiger partial charge in [-0.1, -0.05) is 103 Å². The maximum atomic E-state index is 6.92. The normalized spacial score (nSPS) is 13.9. The van der Waals surface area contributed by atoms with Gasteiger partial charge >= 0.3 is 0 Å². The number of hydrogen-bond donors (Lipinski definition) is 0. The first-order valence-electron chi connectivity index (χ1n) is 25.1.